The molecule has 8 fully saturated rings. The van der Waals surface area contributed by atoms with E-state index in [-0.39, 0.29) is 0 Å². The minimum atomic E-state index is -0.675. The molecule has 4 aliphatic heterocycles. The predicted molar refractivity (Wildman–Crippen MR) is 356 cm³/mol. The SMILES string of the molecule is COc1ccc(C2(O)CCCCCC2CN2CCCC2)cc1.Cc1ccc(C2(O)CCCCCC2CN2CCCC2)cc1.OC1(Cc2ccccc2)CCCCC1CN1CCCCCC1.OC1(c2ccccc2)CCCCC1CN1CCCCCC1. The number of benzene rings is 4. The third kappa shape index (κ3) is 19.0. The average molecular weight is 1180 g/mol. The molecule has 0 bridgehead atoms. The minimum absolute atomic E-state index is 0.349. The quantitative estimate of drug-likeness (QED) is 0.0920. The van der Waals surface area contributed by atoms with Crippen molar-refractivity contribution in [1.82, 2.24) is 19.6 Å². The number of rotatable bonds is 14. The number of ether oxygens (including phenoxy) is 1. The smallest absolute Gasteiger partial charge is 0.118 e. The number of nitrogens with zero attached hydrogens (tertiary/aromatic N) is 4. The molecule has 4 aliphatic carbocycles. The van der Waals surface area contributed by atoms with Gasteiger partial charge < -0.3 is 44.8 Å². The van der Waals surface area contributed by atoms with Crippen molar-refractivity contribution in [3.63, 3.8) is 0 Å². The van der Waals surface area contributed by atoms with E-state index in [0.717, 1.165) is 106 Å². The van der Waals surface area contributed by atoms with Crippen LogP contribution in [0.1, 0.15) is 220 Å². The molecule has 0 spiro atoms. The summed E-state index contributed by atoms with van der Waals surface area (Å²) in [7, 11) is 1.69. The van der Waals surface area contributed by atoms with Crippen molar-refractivity contribution in [1.29, 1.82) is 0 Å². The number of methoxy groups -OCH3 is 1. The molecule has 4 saturated carbocycles. The van der Waals surface area contributed by atoms with E-state index in [9.17, 15) is 20.4 Å². The van der Waals surface area contributed by atoms with Gasteiger partial charge in [-0.15, -0.1) is 0 Å². The van der Waals surface area contributed by atoms with Gasteiger partial charge in [0.15, 0.2) is 0 Å². The maximum atomic E-state index is 11.5. The summed E-state index contributed by atoms with van der Waals surface area (Å²) in [5.41, 5.74) is 3.50. The Morgan fingerprint density at radius 2 is 0.663 bits per heavy atom. The molecule has 9 heteroatoms. The van der Waals surface area contributed by atoms with Crippen LogP contribution in [-0.2, 0) is 23.2 Å². The molecule has 8 unspecified atom stereocenters. The molecule has 9 nitrogen and oxygen atoms in total. The highest BCUT2D eigenvalue weighted by molar-refractivity contribution is 5.32. The molecule has 0 radical (unpaired) electrons. The molecule has 86 heavy (non-hydrogen) atoms. The molecule has 8 aliphatic rings. The van der Waals surface area contributed by atoms with Crippen molar-refractivity contribution < 1.29 is 25.2 Å². The van der Waals surface area contributed by atoms with Crippen LogP contribution in [0.15, 0.2) is 109 Å². The molecule has 4 aromatic carbocycles. The summed E-state index contributed by atoms with van der Waals surface area (Å²) in [6.07, 6.45) is 37.6. The first-order valence-corrected chi connectivity index (χ1v) is 35.6. The maximum Gasteiger partial charge on any atom is 0.118 e. The van der Waals surface area contributed by atoms with Crippen LogP contribution in [0.25, 0.3) is 0 Å². The summed E-state index contributed by atoms with van der Waals surface area (Å²) in [6, 6.07) is 37.6. The lowest BCUT2D eigenvalue weighted by atomic mass is 9.71. The highest BCUT2D eigenvalue weighted by Gasteiger charge is 2.44. The zero-order chi connectivity index (χ0) is 59.9. The topological polar surface area (TPSA) is 103 Å². The van der Waals surface area contributed by atoms with E-state index in [1.807, 2.05) is 18.2 Å². The first-order chi connectivity index (χ1) is 42.0. The molecule has 0 aromatic heterocycles. The Morgan fingerprint density at radius 3 is 1.08 bits per heavy atom. The number of hydrogen-bond acceptors (Lipinski definition) is 9. The molecular weight excluding hydrogens is 1060 g/mol. The fourth-order valence-electron chi connectivity index (χ4n) is 16.9. The Hall–Kier alpha value is -3.64. The van der Waals surface area contributed by atoms with Crippen LogP contribution in [0.2, 0.25) is 0 Å². The van der Waals surface area contributed by atoms with E-state index in [0.29, 0.717) is 23.7 Å². The predicted octanol–water partition coefficient (Wildman–Crippen LogP) is 15.4. The molecule has 4 saturated heterocycles. The highest BCUT2D eigenvalue weighted by atomic mass is 16.5. The van der Waals surface area contributed by atoms with Crippen LogP contribution in [0.5, 0.6) is 5.75 Å². The minimum Gasteiger partial charge on any atom is -0.497 e. The lowest BCUT2D eigenvalue weighted by molar-refractivity contribution is -0.0654. The van der Waals surface area contributed by atoms with E-state index >= 15 is 0 Å². The Balaban J connectivity index is 0.000000137. The van der Waals surface area contributed by atoms with Crippen LogP contribution >= 0.6 is 0 Å². The maximum absolute atomic E-state index is 11.5. The van der Waals surface area contributed by atoms with E-state index in [1.165, 1.54) is 205 Å². The Kier molecular flexibility index (Phi) is 26.4. The molecular formula is C77H118N4O5. The van der Waals surface area contributed by atoms with Crippen LogP contribution in [-0.4, -0.2) is 131 Å². The molecule has 4 heterocycles. The third-order valence-electron chi connectivity index (χ3n) is 22.3. The third-order valence-corrected chi connectivity index (χ3v) is 22.3. The van der Waals surface area contributed by atoms with Gasteiger partial charge >= 0.3 is 0 Å². The molecule has 4 N–H and O–H groups in total. The molecule has 0 amide bonds. The van der Waals surface area contributed by atoms with Crippen LogP contribution < -0.4 is 4.74 Å². The van der Waals surface area contributed by atoms with Crippen LogP contribution in [0.3, 0.4) is 0 Å². The van der Waals surface area contributed by atoms with Crippen molar-refractivity contribution in [3.8, 4) is 5.75 Å². The highest BCUT2D eigenvalue weighted by Crippen LogP contribution is 2.45. The molecule has 8 atom stereocenters. The number of aliphatic hydroxyl groups is 4. The second kappa shape index (κ2) is 34.0. The summed E-state index contributed by atoms with van der Waals surface area (Å²) in [5.74, 6) is 2.44. The van der Waals surface area contributed by atoms with Gasteiger partial charge in [0.2, 0.25) is 0 Å². The lowest BCUT2D eigenvalue weighted by Crippen LogP contribution is -2.48. The average Bonchev–Trinajstić information content (AvgIpc) is 2.82. The summed E-state index contributed by atoms with van der Waals surface area (Å²) in [5, 5.41) is 45.8. The number of likely N-dealkylation sites (tertiary alicyclic amines) is 4. The summed E-state index contributed by atoms with van der Waals surface area (Å²) < 4.78 is 5.26. The van der Waals surface area contributed by atoms with Gasteiger partial charge in [-0.05, 0) is 196 Å². The Morgan fingerprint density at radius 1 is 0.349 bits per heavy atom. The van der Waals surface area contributed by atoms with Crippen LogP contribution in [0, 0.1) is 30.6 Å². The lowest BCUT2D eigenvalue weighted by Gasteiger charge is -2.42. The molecule has 12 rings (SSSR count). The summed E-state index contributed by atoms with van der Waals surface area (Å²) in [6.45, 7) is 16.2. The normalized spacial score (nSPS) is 31.0. The second-order valence-corrected chi connectivity index (χ2v) is 28.4. The molecule has 4 aromatic rings. The van der Waals surface area contributed by atoms with E-state index in [1.54, 1.807) is 7.11 Å². The number of hydrogen-bond donors (Lipinski definition) is 4. The zero-order valence-electron chi connectivity index (χ0n) is 54.1. The van der Waals surface area contributed by atoms with E-state index in [2.05, 4.69) is 118 Å². The number of aryl methyl sites for hydroxylation is 1. The first-order valence-electron chi connectivity index (χ1n) is 35.6. The Bertz CT molecular complexity index is 2470. The van der Waals surface area contributed by atoms with Gasteiger partial charge in [-0.2, -0.15) is 0 Å². The van der Waals surface area contributed by atoms with E-state index < -0.39 is 22.4 Å². The van der Waals surface area contributed by atoms with Crippen molar-refractivity contribution in [2.75, 3.05) is 85.6 Å². The van der Waals surface area contributed by atoms with E-state index in [4.69, 9.17) is 4.74 Å². The largest absolute Gasteiger partial charge is 0.497 e. The second-order valence-electron chi connectivity index (χ2n) is 28.4. The van der Waals surface area contributed by atoms with Gasteiger partial charge in [0.05, 0.1) is 29.5 Å². The van der Waals surface area contributed by atoms with Crippen molar-refractivity contribution in [2.24, 2.45) is 23.7 Å². The summed E-state index contributed by atoms with van der Waals surface area (Å²) in [4.78, 5) is 10.3. The first kappa shape index (κ1) is 66.8. The van der Waals surface area contributed by atoms with Crippen molar-refractivity contribution >= 4 is 0 Å². The fraction of sp³-hybridized carbons (Fsp3) is 0.688. The van der Waals surface area contributed by atoms with Gasteiger partial charge in [-0.1, -0.05) is 193 Å². The van der Waals surface area contributed by atoms with Gasteiger partial charge in [0.25, 0.3) is 0 Å². The fourth-order valence-corrected chi connectivity index (χ4v) is 16.9. The van der Waals surface area contributed by atoms with Gasteiger partial charge in [-0.3, -0.25) is 0 Å². The van der Waals surface area contributed by atoms with Gasteiger partial charge in [-0.25, -0.2) is 0 Å². The molecule has 476 valence electrons. The van der Waals surface area contributed by atoms with Crippen molar-refractivity contribution in [2.45, 2.75) is 228 Å². The zero-order valence-corrected chi connectivity index (χ0v) is 54.1. The Labute approximate surface area is 522 Å². The van der Waals surface area contributed by atoms with Gasteiger partial charge in [0.1, 0.15) is 5.75 Å². The summed E-state index contributed by atoms with van der Waals surface area (Å²) >= 11 is 0. The monoisotopic (exact) mass is 1180 g/mol. The van der Waals surface area contributed by atoms with Gasteiger partial charge in [0, 0.05) is 56.3 Å². The van der Waals surface area contributed by atoms with Crippen LogP contribution in [0.4, 0.5) is 0 Å². The standard InChI is InChI=1S/C20H31NO.C19H29NO2.2C19H29NO/c22-20(16-18-10-4-3-5-11-18)13-7-6-12-19(20)17-21-14-8-1-2-9-15-21;1-22-18-10-8-16(9-11-18)19(21)12-4-2-3-7-17(19)15-20-13-5-6-14-20;1-16-8-10-17(11-9-16)19(21)12-4-2-3-7-18(19)15-20-13-5-6-14-20;21-19(17-10-4-3-5-11-17)13-7-6-12-18(19)16-20-14-8-1-2-9-15-20/h3-5,10-11,19,22H,1-2,6-9,12-17H2;8-11,17,21H,2-7,12-15H2,1H3;8-11,18,21H,2-7,12-15H2,1H3;3-5,10-11,18,21H,1-2,6-9,12-16H2. The van der Waals surface area contributed by atoms with Crippen molar-refractivity contribution in [3.05, 3.63) is 137 Å².